The van der Waals surface area contributed by atoms with Gasteiger partial charge < -0.3 is 19.7 Å². The van der Waals surface area contributed by atoms with Crippen molar-refractivity contribution in [2.24, 2.45) is 0 Å². The molecule has 2 amide bonds. The fraction of sp³-hybridized carbons (Fsp3) is 0.348. The Hall–Kier alpha value is -3.11. The van der Waals surface area contributed by atoms with Gasteiger partial charge in [-0.25, -0.2) is 0 Å². The third kappa shape index (κ3) is 5.51. The summed E-state index contributed by atoms with van der Waals surface area (Å²) >= 11 is 5.93. The van der Waals surface area contributed by atoms with Crippen LogP contribution >= 0.6 is 11.6 Å². The first-order chi connectivity index (χ1) is 16.1. The number of nitrogens with zero attached hydrogens (tertiary/aromatic N) is 1. The van der Waals surface area contributed by atoms with Crippen molar-refractivity contribution in [2.45, 2.75) is 37.4 Å². The number of likely N-dealkylation sites (tertiary alicyclic amines) is 1. The molecule has 0 aliphatic carbocycles. The largest absolute Gasteiger partial charge is 0.573 e. The molecule has 0 aromatic heterocycles. The van der Waals surface area contributed by atoms with E-state index in [0.29, 0.717) is 18.0 Å². The zero-order valence-corrected chi connectivity index (χ0v) is 18.4. The second kappa shape index (κ2) is 9.63. The normalized spacial score (nSPS) is 20.7. The Morgan fingerprint density at radius 2 is 1.82 bits per heavy atom. The average Bonchev–Trinajstić information content (AvgIpc) is 3.36. The Morgan fingerprint density at radius 1 is 1.15 bits per heavy atom. The van der Waals surface area contributed by atoms with E-state index in [1.54, 1.807) is 24.3 Å². The Kier molecular flexibility index (Phi) is 6.81. The van der Waals surface area contributed by atoms with E-state index in [2.05, 4.69) is 10.1 Å². The van der Waals surface area contributed by atoms with Crippen molar-refractivity contribution in [3.8, 4) is 5.75 Å². The van der Waals surface area contributed by atoms with Crippen LogP contribution in [-0.2, 0) is 20.7 Å². The maximum atomic E-state index is 13.4. The Labute approximate surface area is 197 Å². The first kappa shape index (κ1) is 24.0. The number of halogens is 4. The van der Waals surface area contributed by atoms with Gasteiger partial charge in [-0.2, -0.15) is 0 Å². The second-order valence-electron chi connectivity index (χ2n) is 8.01. The summed E-state index contributed by atoms with van der Waals surface area (Å²) in [6.07, 6.45) is -4.57. The highest BCUT2D eigenvalue weighted by Gasteiger charge is 2.48. The van der Waals surface area contributed by atoms with Crippen molar-refractivity contribution >= 4 is 29.2 Å². The van der Waals surface area contributed by atoms with Crippen molar-refractivity contribution in [1.29, 1.82) is 0 Å². The molecule has 4 rings (SSSR count). The molecule has 3 unspecified atom stereocenters. The van der Waals surface area contributed by atoms with Gasteiger partial charge in [0, 0.05) is 23.6 Å². The van der Waals surface area contributed by atoms with Crippen LogP contribution in [0.3, 0.4) is 0 Å². The Bertz CT molecular complexity index is 1080. The van der Waals surface area contributed by atoms with Crippen LogP contribution in [0.1, 0.15) is 22.3 Å². The standard InChI is InChI=1S/C23H20ClF3N2O5/c24-15-5-1-13(2-6-15)11-17(22(32)29-10-9-19-20(29)18(30)12-33-19)28-21(31)14-3-7-16(8-4-14)34-23(25,26)27/h1-8,17,19-20H,9-12H2,(H,28,31). The van der Waals surface area contributed by atoms with Gasteiger partial charge in [0.15, 0.2) is 5.78 Å². The van der Waals surface area contributed by atoms with E-state index in [1.165, 1.54) is 17.0 Å². The molecule has 2 heterocycles. The topological polar surface area (TPSA) is 84.9 Å². The molecule has 0 spiro atoms. The number of hydrogen-bond donors (Lipinski definition) is 1. The highest BCUT2D eigenvalue weighted by molar-refractivity contribution is 6.30. The van der Waals surface area contributed by atoms with E-state index in [0.717, 1.165) is 17.7 Å². The lowest BCUT2D eigenvalue weighted by Gasteiger charge is -2.27. The van der Waals surface area contributed by atoms with Gasteiger partial charge in [0.25, 0.3) is 5.91 Å². The lowest BCUT2D eigenvalue weighted by atomic mass is 10.0. The number of nitrogens with one attached hydrogen (secondary N) is 1. The number of hydrogen-bond acceptors (Lipinski definition) is 5. The van der Waals surface area contributed by atoms with Gasteiger partial charge in [0.05, 0.1) is 6.10 Å². The predicted molar refractivity (Wildman–Crippen MR) is 114 cm³/mol. The van der Waals surface area contributed by atoms with Gasteiger partial charge in [-0.15, -0.1) is 13.2 Å². The van der Waals surface area contributed by atoms with Crippen LogP contribution in [0.5, 0.6) is 5.75 Å². The van der Waals surface area contributed by atoms with Crippen LogP contribution in [0.2, 0.25) is 5.02 Å². The van der Waals surface area contributed by atoms with Gasteiger partial charge >= 0.3 is 6.36 Å². The monoisotopic (exact) mass is 496 g/mol. The van der Waals surface area contributed by atoms with Gasteiger partial charge in [0.2, 0.25) is 5.91 Å². The third-order valence-corrected chi connectivity index (χ3v) is 5.95. The van der Waals surface area contributed by atoms with Crippen molar-refractivity contribution in [3.63, 3.8) is 0 Å². The quantitative estimate of drug-likeness (QED) is 0.664. The van der Waals surface area contributed by atoms with E-state index in [4.69, 9.17) is 16.3 Å². The molecule has 2 aromatic carbocycles. The zero-order chi connectivity index (χ0) is 24.5. The highest BCUT2D eigenvalue weighted by Crippen LogP contribution is 2.28. The molecule has 0 saturated carbocycles. The molecule has 2 aliphatic rings. The molecule has 0 radical (unpaired) electrons. The van der Waals surface area contributed by atoms with Gasteiger partial charge in [-0.05, 0) is 48.4 Å². The predicted octanol–water partition coefficient (Wildman–Crippen LogP) is 3.15. The van der Waals surface area contributed by atoms with Crippen LogP contribution < -0.4 is 10.1 Å². The van der Waals surface area contributed by atoms with Gasteiger partial charge in [-0.3, -0.25) is 14.4 Å². The Morgan fingerprint density at radius 3 is 2.47 bits per heavy atom. The van der Waals surface area contributed by atoms with E-state index in [1.807, 2.05) is 0 Å². The fourth-order valence-corrected chi connectivity index (χ4v) is 4.27. The lowest BCUT2D eigenvalue weighted by molar-refractivity contribution is -0.274. The summed E-state index contributed by atoms with van der Waals surface area (Å²) in [4.78, 5) is 39.9. The van der Waals surface area contributed by atoms with Crippen LogP contribution in [-0.4, -0.2) is 60.2 Å². The third-order valence-electron chi connectivity index (χ3n) is 5.70. The zero-order valence-electron chi connectivity index (χ0n) is 17.7. The molecule has 2 aromatic rings. The second-order valence-corrected chi connectivity index (χ2v) is 8.45. The van der Waals surface area contributed by atoms with E-state index in [9.17, 15) is 27.6 Å². The number of amides is 2. The van der Waals surface area contributed by atoms with Crippen molar-refractivity contribution < 1.29 is 37.0 Å². The number of fused-ring (bicyclic) bond motifs is 1. The van der Waals surface area contributed by atoms with Gasteiger partial charge in [0.1, 0.15) is 24.4 Å². The van der Waals surface area contributed by atoms with Gasteiger partial charge in [-0.1, -0.05) is 23.7 Å². The number of ketones is 1. The Balaban J connectivity index is 1.53. The van der Waals surface area contributed by atoms with Crippen LogP contribution in [0, 0.1) is 0 Å². The molecular formula is C23H20ClF3N2O5. The molecule has 34 heavy (non-hydrogen) atoms. The SMILES string of the molecule is O=C(NC(Cc1ccc(Cl)cc1)C(=O)N1CCC2OCC(=O)C21)c1ccc(OC(F)(F)F)cc1. The summed E-state index contributed by atoms with van der Waals surface area (Å²) in [5, 5.41) is 3.16. The molecule has 0 bridgehead atoms. The minimum atomic E-state index is -4.85. The van der Waals surface area contributed by atoms with Crippen molar-refractivity contribution in [3.05, 3.63) is 64.7 Å². The number of benzene rings is 2. The van der Waals surface area contributed by atoms with E-state index < -0.39 is 36.0 Å². The lowest BCUT2D eigenvalue weighted by Crippen LogP contribution is -2.53. The number of carbonyl (C=O) groups is 3. The molecule has 2 fully saturated rings. The molecule has 7 nitrogen and oxygen atoms in total. The summed E-state index contributed by atoms with van der Waals surface area (Å²) in [6, 6.07) is 9.39. The highest BCUT2D eigenvalue weighted by atomic mass is 35.5. The first-order valence-electron chi connectivity index (χ1n) is 10.5. The summed E-state index contributed by atoms with van der Waals surface area (Å²) in [7, 11) is 0. The summed E-state index contributed by atoms with van der Waals surface area (Å²) < 4.78 is 46.4. The maximum Gasteiger partial charge on any atom is 0.573 e. The minimum absolute atomic E-state index is 0.0444. The number of ether oxygens (including phenoxy) is 2. The smallest absolute Gasteiger partial charge is 0.406 e. The molecule has 11 heteroatoms. The fourth-order valence-electron chi connectivity index (χ4n) is 4.15. The first-order valence-corrected chi connectivity index (χ1v) is 10.8. The van der Waals surface area contributed by atoms with Crippen molar-refractivity contribution in [2.75, 3.05) is 13.2 Å². The molecular weight excluding hydrogens is 477 g/mol. The number of Topliss-reactive ketones (excluding diaryl/α,β-unsaturated/α-hetero) is 1. The molecule has 180 valence electrons. The molecule has 3 atom stereocenters. The summed E-state index contributed by atoms with van der Waals surface area (Å²) in [5.41, 5.74) is 0.768. The van der Waals surface area contributed by atoms with Crippen LogP contribution in [0.25, 0.3) is 0 Å². The minimum Gasteiger partial charge on any atom is -0.406 e. The van der Waals surface area contributed by atoms with E-state index >= 15 is 0 Å². The number of rotatable bonds is 6. The summed E-state index contributed by atoms with van der Waals surface area (Å²) in [6.45, 7) is 0.260. The van der Waals surface area contributed by atoms with Crippen molar-refractivity contribution in [1.82, 2.24) is 10.2 Å². The average molecular weight is 497 g/mol. The van der Waals surface area contributed by atoms with E-state index in [-0.39, 0.29) is 30.5 Å². The van der Waals surface area contributed by atoms with Crippen LogP contribution in [0.4, 0.5) is 13.2 Å². The molecule has 2 saturated heterocycles. The van der Waals surface area contributed by atoms with Crippen LogP contribution in [0.15, 0.2) is 48.5 Å². The summed E-state index contributed by atoms with van der Waals surface area (Å²) in [5.74, 6) is -1.75. The number of carbonyl (C=O) groups excluding carboxylic acids is 3. The molecule has 1 N–H and O–H groups in total. The number of alkyl halides is 3. The maximum absolute atomic E-state index is 13.4. The molecule has 2 aliphatic heterocycles.